The molecular formula is C22H22N2O4S. The van der Waals surface area contributed by atoms with Gasteiger partial charge in [-0.25, -0.2) is 8.42 Å². The maximum atomic E-state index is 13.1. The molecule has 3 aromatic rings. The van der Waals surface area contributed by atoms with Gasteiger partial charge in [-0.15, -0.1) is 0 Å². The van der Waals surface area contributed by atoms with E-state index in [1.54, 1.807) is 37.3 Å². The van der Waals surface area contributed by atoms with Crippen molar-refractivity contribution in [2.45, 2.75) is 13.8 Å². The van der Waals surface area contributed by atoms with E-state index in [-0.39, 0.29) is 11.5 Å². The molecule has 6 nitrogen and oxygen atoms in total. The van der Waals surface area contributed by atoms with E-state index in [2.05, 4.69) is 4.98 Å². The standard InChI is InChI=1S/C22H22N2O4S/c1-15-20(16(2)25)22(21(23-15)18-12-8-5-9-13-18)24(3)29(27,28)14-19(26)17-10-6-4-7-11-17/h4-13,23H,14H2,1-3H3. The number of nitrogens with zero attached hydrogens (tertiary/aromatic N) is 1. The first-order valence-electron chi connectivity index (χ1n) is 9.06. The molecule has 150 valence electrons. The van der Waals surface area contributed by atoms with Gasteiger partial charge in [0.15, 0.2) is 11.6 Å². The number of hydrogen-bond acceptors (Lipinski definition) is 4. The monoisotopic (exact) mass is 410 g/mol. The second-order valence-electron chi connectivity index (χ2n) is 6.78. The van der Waals surface area contributed by atoms with Crippen LogP contribution < -0.4 is 4.31 Å². The van der Waals surface area contributed by atoms with E-state index >= 15 is 0 Å². The van der Waals surface area contributed by atoms with E-state index in [0.717, 1.165) is 9.87 Å². The average molecular weight is 410 g/mol. The summed E-state index contributed by atoms with van der Waals surface area (Å²) in [5, 5.41) is 0. The lowest BCUT2D eigenvalue weighted by Crippen LogP contribution is -2.33. The van der Waals surface area contributed by atoms with Crippen LogP contribution in [0.15, 0.2) is 60.7 Å². The molecule has 0 aliphatic carbocycles. The predicted molar refractivity (Wildman–Crippen MR) is 114 cm³/mol. The average Bonchev–Trinajstić information content (AvgIpc) is 3.05. The van der Waals surface area contributed by atoms with Crippen LogP contribution in [-0.4, -0.2) is 37.8 Å². The summed E-state index contributed by atoms with van der Waals surface area (Å²) in [5.41, 5.74) is 2.71. The summed E-state index contributed by atoms with van der Waals surface area (Å²) < 4.78 is 27.2. The maximum Gasteiger partial charge on any atom is 0.242 e. The lowest BCUT2D eigenvalue weighted by atomic mass is 10.1. The summed E-state index contributed by atoms with van der Waals surface area (Å²) in [7, 11) is -2.65. The molecule has 0 fully saturated rings. The summed E-state index contributed by atoms with van der Waals surface area (Å²) >= 11 is 0. The number of aryl methyl sites for hydroxylation is 1. The Kier molecular flexibility index (Phi) is 5.70. The summed E-state index contributed by atoms with van der Waals surface area (Å²) in [4.78, 5) is 27.9. The third-order valence-corrected chi connectivity index (χ3v) is 6.36. The minimum absolute atomic E-state index is 0.252. The number of ketones is 2. The predicted octanol–water partition coefficient (Wildman–Crippen LogP) is 3.84. The molecule has 7 heteroatoms. The SMILES string of the molecule is CC(=O)c1c(C)[nH]c(-c2ccccc2)c1N(C)S(=O)(=O)CC(=O)c1ccccc1. The van der Waals surface area contributed by atoms with Gasteiger partial charge in [0.25, 0.3) is 0 Å². The molecule has 1 heterocycles. The molecule has 0 bridgehead atoms. The minimum Gasteiger partial charge on any atom is -0.356 e. The fourth-order valence-electron chi connectivity index (χ4n) is 3.28. The molecule has 0 aliphatic heterocycles. The molecule has 0 atom stereocenters. The van der Waals surface area contributed by atoms with Crippen molar-refractivity contribution in [3.8, 4) is 11.3 Å². The maximum absolute atomic E-state index is 13.1. The fourth-order valence-corrected chi connectivity index (χ4v) is 4.43. The highest BCUT2D eigenvalue weighted by molar-refractivity contribution is 7.93. The number of sulfonamides is 1. The molecule has 3 rings (SSSR count). The Labute approximate surface area is 170 Å². The lowest BCUT2D eigenvalue weighted by molar-refractivity contribution is 0.101. The Hall–Kier alpha value is -3.19. The van der Waals surface area contributed by atoms with E-state index < -0.39 is 21.6 Å². The van der Waals surface area contributed by atoms with Crippen LogP contribution in [0.3, 0.4) is 0 Å². The van der Waals surface area contributed by atoms with Gasteiger partial charge >= 0.3 is 0 Å². The molecule has 0 spiro atoms. The summed E-state index contributed by atoms with van der Waals surface area (Å²) in [6.07, 6.45) is 0. The van der Waals surface area contributed by atoms with Crippen LogP contribution in [0.1, 0.15) is 33.3 Å². The van der Waals surface area contributed by atoms with Gasteiger partial charge in [-0.3, -0.25) is 13.9 Å². The van der Waals surface area contributed by atoms with E-state index in [0.29, 0.717) is 22.5 Å². The smallest absolute Gasteiger partial charge is 0.242 e. The number of carbonyl (C=O) groups excluding carboxylic acids is 2. The van der Waals surface area contributed by atoms with E-state index in [9.17, 15) is 18.0 Å². The summed E-state index contributed by atoms with van der Waals surface area (Å²) in [5.74, 6) is -1.45. The largest absolute Gasteiger partial charge is 0.356 e. The molecule has 2 aromatic carbocycles. The Morgan fingerprint density at radius 1 is 0.966 bits per heavy atom. The highest BCUT2D eigenvalue weighted by atomic mass is 32.2. The van der Waals surface area contributed by atoms with Gasteiger partial charge in [-0.1, -0.05) is 60.7 Å². The van der Waals surface area contributed by atoms with Crippen molar-refractivity contribution in [2.24, 2.45) is 0 Å². The summed E-state index contributed by atoms with van der Waals surface area (Å²) in [6.45, 7) is 3.12. The molecule has 0 amide bonds. The highest BCUT2D eigenvalue weighted by Crippen LogP contribution is 2.37. The van der Waals surface area contributed by atoms with Crippen LogP contribution in [0.5, 0.6) is 0 Å². The van der Waals surface area contributed by atoms with E-state index in [1.807, 2.05) is 30.3 Å². The Balaban J connectivity index is 2.07. The number of carbonyl (C=O) groups is 2. The second kappa shape index (κ2) is 8.05. The number of aromatic nitrogens is 1. The molecule has 1 aromatic heterocycles. The van der Waals surface area contributed by atoms with Gasteiger partial charge in [0, 0.05) is 23.9 Å². The van der Waals surface area contributed by atoms with Crippen molar-refractivity contribution in [1.82, 2.24) is 4.98 Å². The van der Waals surface area contributed by atoms with E-state index in [1.165, 1.54) is 14.0 Å². The first-order chi connectivity index (χ1) is 13.7. The van der Waals surface area contributed by atoms with Gasteiger partial charge in [0.2, 0.25) is 10.0 Å². The van der Waals surface area contributed by atoms with Crippen LogP contribution >= 0.6 is 0 Å². The zero-order valence-electron chi connectivity index (χ0n) is 16.5. The van der Waals surface area contributed by atoms with Gasteiger partial charge in [0.05, 0.1) is 16.9 Å². The van der Waals surface area contributed by atoms with Gasteiger partial charge in [-0.2, -0.15) is 0 Å². The zero-order chi connectivity index (χ0) is 21.2. The fraction of sp³-hybridized carbons (Fsp3) is 0.182. The van der Waals surface area contributed by atoms with Crippen LogP contribution in [0.2, 0.25) is 0 Å². The van der Waals surface area contributed by atoms with Crippen molar-refractivity contribution in [1.29, 1.82) is 0 Å². The molecule has 29 heavy (non-hydrogen) atoms. The first-order valence-corrected chi connectivity index (χ1v) is 10.7. The number of benzene rings is 2. The van der Waals surface area contributed by atoms with Crippen LogP contribution in [0.25, 0.3) is 11.3 Å². The zero-order valence-corrected chi connectivity index (χ0v) is 17.3. The quantitative estimate of drug-likeness (QED) is 0.600. The number of anilines is 1. The Bertz CT molecular complexity index is 1150. The molecule has 0 saturated heterocycles. The van der Waals surface area contributed by atoms with Crippen molar-refractivity contribution >= 4 is 27.3 Å². The van der Waals surface area contributed by atoms with E-state index in [4.69, 9.17) is 0 Å². The molecular weight excluding hydrogens is 388 g/mol. The second-order valence-corrected chi connectivity index (χ2v) is 8.78. The molecule has 0 radical (unpaired) electrons. The van der Waals surface area contributed by atoms with Crippen LogP contribution in [-0.2, 0) is 10.0 Å². The summed E-state index contributed by atoms with van der Waals surface area (Å²) in [6, 6.07) is 17.4. The van der Waals surface area contributed by atoms with Gasteiger partial charge in [-0.05, 0) is 13.8 Å². The lowest BCUT2D eigenvalue weighted by Gasteiger charge is -2.21. The van der Waals surface area contributed by atoms with Crippen LogP contribution in [0.4, 0.5) is 5.69 Å². The van der Waals surface area contributed by atoms with Crippen molar-refractivity contribution in [3.63, 3.8) is 0 Å². The number of aromatic amines is 1. The van der Waals surface area contributed by atoms with Crippen molar-refractivity contribution < 1.29 is 18.0 Å². The molecule has 0 aliphatic rings. The normalized spacial score (nSPS) is 11.3. The molecule has 0 saturated carbocycles. The van der Waals surface area contributed by atoms with Crippen molar-refractivity contribution in [3.05, 3.63) is 77.5 Å². The Morgan fingerprint density at radius 2 is 1.52 bits per heavy atom. The highest BCUT2D eigenvalue weighted by Gasteiger charge is 2.30. The molecule has 1 N–H and O–H groups in total. The molecule has 0 unspecified atom stereocenters. The number of nitrogens with one attached hydrogen (secondary N) is 1. The minimum atomic E-state index is -4.02. The Morgan fingerprint density at radius 3 is 2.07 bits per heavy atom. The third-order valence-electron chi connectivity index (χ3n) is 4.72. The van der Waals surface area contributed by atoms with Gasteiger partial charge < -0.3 is 4.98 Å². The number of H-pyrrole nitrogens is 1. The number of hydrogen-bond donors (Lipinski definition) is 1. The first kappa shape index (κ1) is 20.5. The topological polar surface area (TPSA) is 87.3 Å². The van der Waals surface area contributed by atoms with Crippen molar-refractivity contribution in [2.75, 3.05) is 17.1 Å². The third kappa shape index (κ3) is 4.14. The van der Waals surface area contributed by atoms with Crippen LogP contribution in [0, 0.1) is 6.92 Å². The number of rotatable bonds is 7. The number of Topliss-reactive ketones (excluding diaryl/α,β-unsaturated/α-hetero) is 2. The van der Waals surface area contributed by atoms with Gasteiger partial charge in [0.1, 0.15) is 5.75 Å².